The number of carbonyl (C=O) groups is 1. The topological polar surface area (TPSA) is 83.5 Å². The molecule has 0 heterocycles. The van der Waals surface area contributed by atoms with E-state index >= 15 is 0 Å². The molecule has 0 spiro atoms. The van der Waals surface area contributed by atoms with Gasteiger partial charge in [-0.15, -0.1) is 0 Å². The summed E-state index contributed by atoms with van der Waals surface area (Å²) >= 11 is 0. The predicted octanol–water partition coefficient (Wildman–Crippen LogP) is 1.08. The Balaban J connectivity index is 3.18. The lowest BCUT2D eigenvalue weighted by atomic mass is 10.2. The van der Waals surface area contributed by atoms with Crippen molar-refractivity contribution in [3.8, 4) is 5.75 Å². The van der Waals surface area contributed by atoms with Crippen LogP contribution in [0.1, 0.15) is 12.5 Å². The number of hydrogen-bond acceptors (Lipinski definition) is 4. The molecule has 1 aromatic rings. The molecule has 0 aromatic heterocycles. The van der Waals surface area contributed by atoms with Crippen LogP contribution in [0.5, 0.6) is 5.75 Å². The Morgan fingerprint density at radius 3 is 2.53 bits per heavy atom. The summed E-state index contributed by atoms with van der Waals surface area (Å²) in [5.74, 6) is -0.952. The van der Waals surface area contributed by atoms with Gasteiger partial charge in [0.15, 0.2) is 0 Å². The number of benzene rings is 1. The van der Waals surface area contributed by atoms with E-state index in [2.05, 4.69) is 6.58 Å². The van der Waals surface area contributed by atoms with Crippen LogP contribution in [-0.4, -0.2) is 19.4 Å². The molecular formula is C11H13NO4S. The summed E-state index contributed by atoms with van der Waals surface area (Å²) in [5, 5.41) is 9.25. The molecule has 17 heavy (non-hydrogen) atoms. The van der Waals surface area contributed by atoms with E-state index in [1.54, 1.807) is 6.92 Å². The fourth-order valence-corrected chi connectivity index (χ4v) is 2.44. The average Bonchev–Trinajstić information content (AvgIpc) is 2.20. The number of sulfonamides is 1. The van der Waals surface area contributed by atoms with E-state index in [9.17, 15) is 18.3 Å². The van der Waals surface area contributed by atoms with E-state index in [-0.39, 0.29) is 16.2 Å². The molecule has 1 aromatic carbocycles. The highest BCUT2D eigenvalue weighted by Gasteiger charge is 2.20. The minimum absolute atomic E-state index is 0.0892. The Labute approximate surface area is 99.8 Å². The van der Waals surface area contributed by atoms with Crippen LogP contribution in [0.25, 0.3) is 0 Å². The Morgan fingerprint density at radius 1 is 1.41 bits per heavy atom. The molecule has 0 saturated carbocycles. The van der Waals surface area contributed by atoms with Crippen LogP contribution in [0.2, 0.25) is 0 Å². The first-order valence-electron chi connectivity index (χ1n) is 4.76. The lowest BCUT2D eigenvalue weighted by molar-refractivity contribution is -0.115. The molecule has 1 rings (SSSR count). The van der Waals surface area contributed by atoms with E-state index < -0.39 is 15.9 Å². The maximum absolute atomic E-state index is 11.8. The van der Waals surface area contributed by atoms with Gasteiger partial charge in [-0.1, -0.05) is 12.6 Å². The van der Waals surface area contributed by atoms with Gasteiger partial charge in [0.25, 0.3) is 15.9 Å². The van der Waals surface area contributed by atoms with Gasteiger partial charge in [0.1, 0.15) is 5.75 Å². The summed E-state index contributed by atoms with van der Waals surface area (Å²) in [5.41, 5.74) is 0.524. The van der Waals surface area contributed by atoms with Crippen LogP contribution in [-0.2, 0) is 14.8 Å². The predicted molar refractivity (Wildman–Crippen MR) is 63.0 cm³/mol. The van der Waals surface area contributed by atoms with Crippen molar-refractivity contribution < 1.29 is 18.3 Å². The molecule has 0 aliphatic carbocycles. The van der Waals surface area contributed by atoms with Gasteiger partial charge in [-0.2, -0.15) is 0 Å². The Hall–Kier alpha value is -1.82. The van der Waals surface area contributed by atoms with Crippen molar-refractivity contribution in [3.05, 3.63) is 35.9 Å². The lowest BCUT2D eigenvalue weighted by Gasteiger charge is -2.09. The van der Waals surface area contributed by atoms with Gasteiger partial charge < -0.3 is 5.11 Å². The first-order chi connectivity index (χ1) is 7.74. The van der Waals surface area contributed by atoms with Gasteiger partial charge in [-0.3, -0.25) is 4.79 Å². The van der Waals surface area contributed by atoms with Gasteiger partial charge in [0.05, 0.1) is 4.90 Å². The molecule has 0 bridgehead atoms. The van der Waals surface area contributed by atoms with Gasteiger partial charge in [0, 0.05) is 11.6 Å². The number of carbonyl (C=O) groups excluding carboxylic acids is 1. The highest BCUT2D eigenvalue weighted by Crippen LogP contribution is 2.20. The van der Waals surface area contributed by atoms with Crippen molar-refractivity contribution in [1.82, 2.24) is 4.72 Å². The van der Waals surface area contributed by atoms with Crippen LogP contribution >= 0.6 is 0 Å². The summed E-state index contributed by atoms with van der Waals surface area (Å²) in [6.45, 7) is 6.32. The van der Waals surface area contributed by atoms with Crippen molar-refractivity contribution in [2.75, 3.05) is 0 Å². The minimum atomic E-state index is -3.98. The van der Waals surface area contributed by atoms with E-state index in [0.29, 0.717) is 5.56 Å². The lowest BCUT2D eigenvalue weighted by Crippen LogP contribution is -2.31. The summed E-state index contributed by atoms with van der Waals surface area (Å²) in [7, 11) is -3.98. The highest BCUT2D eigenvalue weighted by molar-refractivity contribution is 7.90. The molecule has 0 aliphatic rings. The van der Waals surface area contributed by atoms with E-state index in [4.69, 9.17) is 0 Å². The van der Waals surface area contributed by atoms with Gasteiger partial charge in [-0.25, -0.2) is 13.1 Å². The largest absolute Gasteiger partial charge is 0.508 e. The molecule has 0 unspecified atom stereocenters. The molecule has 0 fully saturated rings. The van der Waals surface area contributed by atoms with Crippen LogP contribution in [0.15, 0.2) is 35.2 Å². The third-order valence-electron chi connectivity index (χ3n) is 2.08. The number of amides is 1. The molecule has 6 heteroatoms. The quantitative estimate of drug-likeness (QED) is 0.792. The second kappa shape index (κ2) is 4.58. The summed E-state index contributed by atoms with van der Waals surface area (Å²) < 4.78 is 25.5. The van der Waals surface area contributed by atoms with E-state index in [1.807, 2.05) is 4.72 Å². The molecule has 0 saturated heterocycles. The zero-order chi connectivity index (χ0) is 13.2. The third kappa shape index (κ3) is 3.07. The Bertz CT molecular complexity index is 575. The highest BCUT2D eigenvalue weighted by atomic mass is 32.2. The first-order valence-corrected chi connectivity index (χ1v) is 6.24. The van der Waals surface area contributed by atoms with Gasteiger partial charge in [0.2, 0.25) is 0 Å². The first kappa shape index (κ1) is 13.2. The van der Waals surface area contributed by atoms with Crippen LogP contribution in [0.4, 0.5) is 0 Å². The molecule has 2 N–H and O–H groups in total. The third-order valence-corrected chi connectivity index (χ3v) is 3.55. The number of aromatic hydroxyl groups is 1. The number of phenolic OH excluding ortho intramolecular Hbond substituents is 1. The smallest absolute Gasteiger partial charge is 0.264 e. The maximum atomic E-state index is 11.8. The fourth-order valence-electron chi connectivity index (χ4n) is 1.14. The molecule has 0 radical (unpaired) electrons. The van der Waals surface area contributed by atoms with Crippen LogP contribution < -0.4 is 4.72 Å². The van der Waals surface area contributed by atoms with Gasteiger partial charge in [-0.05, 0) is 25.5 Å². The SMILES string of the molecule is C=C(C)C(=O)NS(=O)(=O)c1cc(O)ccc1C. The molecule has 0 aliphatic heterocycles. The molecule has 92 valence electrons. The Morgan fingerprint density at radius 2 is 2.00 bits per heavy atom. The summed E-state index contributed by atoms with van der Waals surface area (Å²) in [4.78, 5) is 11.1. The Kier molecular flexibility index (Phi) is 3.57. The van der Waals surface area contributed by atoms with Gasteiger partial charge >= 0.3 is 0 Å². The zero-order valence-corrected chi connectivity index (χ0v) is 10.3. The summed E-state index contributed by atoms with van der Waals surface area (Å²) in [6.07, 6.45) is 0. The second-order valence-corrected chi connectivity index (χ2v) is 5.32. The average molecular weight is 255 g/mol. The summed E-state index contributed by atoms with van der Waals surface area (Å²) in [6, 6.07) is 3.91. The van der Waals surface area contributed by atoms with Crippen molar-refractivity contribution in [1.29, 1.82) is 0 Å². The molecule has 0 atom stereocenters. The zero-order valence-electron chi connectivity index (χ0n) is 9.52. The molecular weight excluding hydrogens is 242 g/mol. The standard InChI is InChI=1S/C11H13NO4S/c1-7(2)11(14)12-17(15,16)10-6-9(13)5-4-8(10)3/h4-6,13H,1H2,2-3H3,(H,12,14). The van der Waals surface area contributed by atoms with Crippen molar-refractivity contribution in [2.45, 2.75) is 18.7 Å². The van der Waals surface area contributed by atoms with E-state index in [0.717, 1.165) is 6.07 Å². The molecule has 5 nitrogen and oxygen atoms in total. The molecule has 1 amide bonds. The van der Waals surface area contributed by atoms with Crippen molar-refractivity contribution in [3.63, 3.8) is 0 Å². The number of hydrogen-bond donors (Lipinski definition) is 2. The number of aryl methyl sites for hydroxylation is 1. The normalized spacial score (nSPS) is 10.9. The second-order valence-electron chi connectivity index (χ2n) is 3.66. The maximum Gasteiger partial charge on any atom is 0.264 e. The van der Waals surface area contributed by atoms with Crippen LogP contribution in [0.3, 0.4) is 0 Å². The van der Waals surface area contributed by atoms with Crippen LogP contribution in [0, 0.1) is 6.92 Å². The number of rotatable bonds is 3. The minimum Gasteiger partial charge on any atom is -0.508 e. The fraction of sp³-hybridized carbons (Fsp3) is 0.182. The van der Waals surface area contributed by atoms with E-state index in [1.165, 1.54) is 19.1 Å². The van der Waals surface area contributed by atoms with Crippen molar-refractivity contribution in [2.24, 2.45) is 0 Å². The number of nitrogens with one attached hydrogen (secondary N) is 1. The number of phenols is 1. The van der Waals surface area contributed by atoms with Crippen molar-refractivity contribution >= 4 is 15.9 Å². The monoisotopic (exact) mass is 255 g/mol.